The van der Waals surface area contributed by atoms with Gasteiger partial charge in [-0.15, -0.1) is 0 Å². The van der Waals surface area contributed by atoms with Crippen LogP contribution in [0.15, 0.2) is 40.9 Å². The molecule has 0 N–H and O–H groups in total. The molecule has 0 saturated heterocycles. The Hall–Kier alpha value is -2.89. The molecule has 0 spiro atoms. The number of hydrogen-bond donors (Lipinski definition) is 0. The number of carbonyl (C=O) groups excluding carboxylic acids is 3. The molecule has 0 bridgehead atoms. The minimum atomic E-state index is -0.513. The maximum atomic E-state index is 13.5. The maximum Gasteiger partial charge on any atom is 0.311 e. The first kappa shape index (κ1) is 25.2. The van der Waals surface area contributed by atoms with Crippen LogP contribution < -0.4 is 9.47 Å². The van der Waals surface area contributed by atoms with Crippen LogP contribution in [0.2, 0.25) is 0 Å². The Labute approximate surface area is 207 Å². The third kappa shape index (κ3) is 5.07. The number of allylic oxidation sites excluding steroid dienone is 4. The molecule has 0 fully saturated rings. The average molecular weight is 481 g/mol. The monoisotopic (exact) mass is 480 g/mol. The van der Waals surface area contributed by atoms with Gasteiger partial charge < -0.3 is 14.2 Å². The second-order valence-electron chi connectivity index (χ2n) is 11.5. The summed E-state index contributed by atoms with van der Waals surface area (Å²) in [7, 11) is 0. The molecule has 3 aliphatic rings. The van der Waals surface area contributed by atoms with E-state index in [1.54, 1.807) is 6.07 Å². The van der Waals surface area contributed by atoms with Crippen molar-refractivity contribution in [2.45, 2.75) is 86.0 Å². The van der Waals surface area contributed by atoms with Gasteiger partial charge in [0.05, 0.1) is 6.61 Å². The zero-order valence-corrected chi connectivity index (χ0v) is 21.7. The van der Waals surface area contributed by atoms with Gasteiger partial charge in [0, 0.05) is 49.2 Å². The predicted molar refractivity (Wildman–Crippen MR) is 132 cm³/mol. The molecule has 0 amide bonds. The standard InChI is InChI=1S/C29H36O6/c1-7-9-24(32)35-20-11-10-17(12-21(20)33-8-2)25-26-18(30)13-28(3,4)15-22(26)34-23-16-29(5,6)14-19(31)27(23)25/h10-12,25H,7-9,13-16H2,1-6H3. The Morgan fingerprint density at radius 3 is 2.00 bits per heavy atom. The molecule has 0 unspecified atom stereocenters. The lowest BCUT2D eigenvalue weighted by Crippen LogP contribution is -2.37. The number of benzene rings is 1. The van der Waals surface area contributed by atoms with Crippen LogP contribution in [0, 0.1) is 10.8 Å². The van der Waals surface area contributed by atoms with E-state index in [2.05, 4.69) is 27.7 Å². The smallest absolute Gasteiger partial charge is 0.311 e. The molecule has 0 saturated carbocycles. The lowest BCUT2D eigenvalue weighted by Gasteiger charge is -2.42. The van der Waals surface area contributed by atoms with Crippen molar-refractivity contribution in [1.29, 1.82) is 0 Å². The van der Waals surface area contributed by atoms with Gasteiger partial charge >= 0.3 is 5.97 Å². The van der Waals surface area contributed by atoms with Crippen molar-refractivity contribution < 1.29 is 28.6 Å². The van der Waals surface area contributed by atoms with Gasteiger partial charge in [-0.25, -0.2) is 0 Å². The molecule has 6 nitrogen and oxygen atoms in total. The Morgan fingerprint density at radius 2 is 1.49 bits per heavy atom. The summed E-state index contributed by atoms with van der Waals surface area (Å²) in [6.07, 6.45) is 3.09. The van der Waals surface area contributed by atoms with Crippen molar-refractivity contribution in [3.05, 3.63) is 46.4 Å². The zero-order chi connectivity index (χ0) is 25.5. The van der Waals surface area contributed by atoms with E-state index in [0.29, 0.717) is 79.3 Å². The third-order valence-corrected chi connectivity index (χ3v) is 6.86. The highest BCUT2D eigenvalue weighted by molar-refractivity contribution is 6.06. The first-order valence-electron chi connectivity index (χ1n) is 12.6. The minimum Gasteiger partial charge on any atom is -0.490 e. The first-order chi connectivity index (χ1) is 16.4. The summed E-state index contributed by atoms with van der Waals surface area (Å²) < 4.78 is 17.7. The van der Waals surface area contributed by atoms with E-state index in [1.807, 2.05) is 26.0 Å². The molecule has 4 rings (SSSR count). The molecule has 0 radical (unpaired) electrons. The normalized spacial score (nSPS) is 21.3. The summed E-state index contributed by atoms with van der Waals surface area (Å²) in [6.45, 7) is 12.4. The lowest BCUT2D eigenvalue weighted by molar-refractivity contribution is -0.134. The van der Waals surface area contributed by atoms with Gasteiger partial charge in [-0.1, -0.05) is 40.7 Å². The number of esters is 1. The number of rotatable bonds is 6. The Bertz CT molecular complexity index is 1080. The molecule has 0 atom stereocenters. The van der Waals surface area contributed by atoms with Gasteiger partial charge in [0.25, 0.3) is 0 Å². The molecular weight excluding hydrogens is 444 g/mol. The van der Waals surface area contributed by atoms with E-state index < -0.39 is 5.92 Å². The van der Waals surface area contributed by atoms with E-state index in [0.717, 1.165) is 5.56 Å². The van der Waals surface area contributed by atoms with Crippen molar-refractivity contribution in [2.24, 2.45) is 10.8 Å². The van der Waals surface area contributed by atoms with Crippen LogP contribution in [0.3, 0.4) is 0 Å². The van der Waals surface area contributed by atoms with Crippen LogP contribution in [0.25, 0.3) is 0 Å². The number of ketones is 2. The Morgan fingerprint density at radius 1 is 0.914 bits per heavy atom. The molecule has 0 aromatic heterocycles. The minimum absolute atomic E-state index is 0.0156. The fourth-order valence-corrected chi connectivity index (χ4v) is 5.44. The number of carbonyl (C=O) groups is 3. The number of ether oxygens (including phenoxy) is 3. The molecule has 1 aliphatic heterocycles. The van der Waals surface area contributed by atoms with Gasteiger partial charge in [0.1, 0.15) is 11.5 Å². The molecule has 1 heterocycles. The van der Waals surface area contributed by atoms with Gasteiger partial charge in [-0.05, 0) is 41.9 Å². The van der Waals surface area contributed by atoms with Gasteiger partial charge in [-0.3, -0.25) is 14.4 Å². The Balaban J connectivity index is 1.85. The molecule has 1 aromatic rings. The summed E-state index contributed by atoms with van der Waals surface area (Å²) in [5.41, 5.74) is 1.51. The van der Waals surface area contributed by atoms with E-state index in [-0.39, 0.29) is 28.4 Å². The summed E-state index contributed by atoms with van der Waals surface area (Å²) in [5.74, 6) is 1.32. The molecule has 1 aromatic carbocycles. The Kier molecular flexibility index (Phi) is 6.69. The topological polar surface area (TPSA) is 78.9 Å². The maximum absolute atomic E-state index is 13.5. The van der Waals surface area contributed by atoms with E-state index in [1.165, 1.54) is 0 Å². The van der Waals surface area contributed by atoms with Crippen molar-refractivity contribution in [1.82, 2.24) is 0 Å². The van der Waals surface area contributed by atoms with Crippen molar-refractivity contribution in [2.75, 3.05) is 6.61 Å². The van der Waals surface area contributed by atoms with Gasteiger partial charge in [0.2, 0.25) is 0 Å². The van der Waals surface area contributed by atoms with Crippen molar-refractivity contribution in [3.8, 4) is 11.5 Å². The molecule has 6 heteroatoms. The second kappa shape index (κ2) is 9.29. The fraction of sp³-hybridized carbons (Fsp3) is 0.552. The van der Waals surface area contributed by atoms with E-state index in [4.69, 9.17) is 14.2 Å². The summed E-state index contributed by atoms with van der Waals surface area (Å²) in [5, 5.41) is 0. The van der Waals surface area contributed by atoms with Crippen LogP contribution in [-0.4, -0.2) is 24.1 Å². The highest BCUT2D eigenvalue weighted by Gasteiger charge is 2.47. The predicted octanol–water partition coefficient (Wildman–Crippen LogP) is 6.19. The number of Topliss-reactive ketones (excluding diaryl/α,β-unsaturated/α-hetero) is 2. The van der Waals surface area contributed by atoms with Crippen LogP contribution in [0.1, 0.15) is 91.5 Å². The van der Waals surface area contributed by atoms with Crippen LogP contribution in [-0.2, 0) is 19.1 Å². The molecule has 188 valence electrons. The van der Waals surface area contributed by atoms with E-state index in [9.17, 15) is 14.4 Å². The summed E-state index contributed by atoms with van der Waals surface area (Å²) in [6, 6.07) is 5.35. The van der Waals surface area contributed by atoms with Gasteiger partial charge in [-0.2, -0.15) is 0 Å². The third-order valence-electron chi connectivity index (χ3n) is 6.86. The highest BCUT2D eigenvalue weighted by atomic mass is 16.6. The fourth-order valence-electron chi connectivity index (χ4n) is 5.44. The summed E-state index contributed by atoms with van der Waals surface area (Å²) in [4.78, 5) is 39.1. The van der Waals surface area contributed by atoms with Crippen LogP contribution in [0.5, 0.6) is 11.5 Å². The lowest BCUT2D eigenvalue weighted by atomic mass is 9.65. The highest BCUT2D eigenvalue weighted by Crippen LogP contribution is 2.53. The molecule has 2 aliphatic carbocycles. The zero-order valence-electron chi connectivity index (χ0n) is 21.7. The molecule has 35 heavy (non-hydrogen) atoms. The van der Waals surface area contributed by atoms with Crippen molar-refractivity contribution in [3.63, 3.8) is 0 Å². The van der Waals surface area contributed by atoms with Crippen LogP contribution >= 0.6 is 0 Å². The average Bonchev–Trinajstić information content (AvgIpc) is 2.72. The SMILES string of the molecule is CCCC(=O)Oc1ccc(C2C3=C(CC(C)(C)CC3=O)OC3=C2C(=O)CC(C)(C)C3)cc1OCC. The molecular formula is C29H36O6. The van der Waals surface area contributed by atoms with Crippen LogP contribution in [0.4, 0.5) is 0 Å². The first-order valence-corrected chi connectivity index (χ1v) is 12.6. The largest absolute Gasteiger partial charge is 0.490 e. The summed E-state index contributed by atoms with van der Waals surface area (Å²) >= 11 is 0. The second-order valence-corrected chi connectivity index (χ2v) is 11.5. The van der Waals surface area contributed by atoms with E-state index >= 15 is 0 Å². The number of hydrogen-bond acceptors (Lipinski definition) is 6. The quantitative estimate of drug-likeness (QED) is 0.357. The van der Waals surface area contributed by atoms with Crippen molar-refractivity contribution >= 4 is 17.5 Å². The van der Waals surface area contributed by atoms with Gasteiger partial charge in [0.15, 0.2) is 23.1 Å².